The van der Waals surface area contributed by atoms with E-state index in [0.29, 0.717) is 23.4 Å². The van der Waals surface area contributed by atoms with Crippen LogP contribution in [0.3, 0.4) is 0 Å². The van der Waals surface area contributed by atoms with Gasteiger partial charge in [-0.25, -0.2) is 0 Å². The van der Waals surface area contributed by atoms with Crippen LogP contribution in [0.15, 0.2) is 0 Å². The van der Waals surface area contributed by atoms with E-state index in [1.54, 1.807) is 0 Å². The minimum atomic E-state index is 0.352. The van der Waals surface area contributed by atoms with E-state index in [0.717, 1.165) is 6.42 Å². The van der Waals surface area contributed by atoms with Crippen LogP contribution in [0.4, 0.5) is 0 Å². The lowest BCUT2D eigenvalue weighted by atomic mass is 9.81. The molecule has 1 N–H and O–H groups in total. The first-order valence-corrected chi connectivity index (χ1v) is 8.25. The van der Waals surface area contributed by atoms with Gasteiger partial charge in [0, 0.05) is 6.61 Å². The molecule has 0 aliphatic rings. The van der Waals surface area contributed by atoms with Crippen molar-refractivity contribution in [2.75, 3.05) is 6.61 Å². The summed E-state index contributed by atoms with van der Waals surface area (Å²) < 4.78 is 0. The van der Waals surface area contributed by atoms with Crippen LogP contribution in [0, 0.1) is 16.7 Å². The number of aliphatic hydroxyl groups is 1. The predicted molar refractivity (Wildman–Crippen MR) is 86.4 cm³/mol. The number of hydrogen-bond donors (Lipinski definition) is 1. The fraction of sp³-hybridized carbons (Fsp3) is 1.00. The highest BCUT2D eigenvalue weighted by molar-refractivity contribution is 4.69. The third kappa shape index (κ3) is 14.2. The first-order valence-electron chi connectivity index (χ1n) is 8.25. The molecule has 0 aliphatic heterocycles. The van der Waals surface area contributed by atoms with Crippen LogP contribution in [0.1, 0.15) is 92.9 Å². The zero-order chi connectivity index (χ0) is 14.9. The number of hydrogen-bond acceptors (Lipinski definition) is 1. The molecule has 0 bridgehead atoms. The molecule has 0 amide bonds. The average Bonchev–Trinajstić information content (AvgIpc) is 2.19. The topological polar surface area (TPSA) is 20.2 Å². The number of rotatable bonds is 9. The molecule has 0 fully saturated rings. The second-order valence-corrected chi connectivity index (χ2v) is 8.66. The van der Waals surface area contributed by atoms with E-state index in [1.807, 2.05) is 0 Å². The second-order valence-electron chi connectivity index (χ2n) is 8.66. The van der Waals surface area contributed by atoms with E-state index in [-0.39, 0.29) is 0 Å². The van der Waals surface area contributed by atoms with Crippen molar-refractivity contribution in [2.24, 2.45) is 16.7 Å². The van der Waals surface area contributed by atoms with Crippen LogP contribution >= 0.6 is 0 Å². The van der Waals surface area contributed by atoms with Crippen LogP contribution in [-0.2, 0) is 0 Å². The maximum absolute atomic E-state index is 9.16. The van der Waals surface area contributed by atoms with Crippen LogP contribution in [0.2, 0.25) is 0 Å². The normalized spacial score (nSPS) is 14.7. The molecule has 1 nitrogen and oxygen atoms in total. The molecule has 0 aliphatic carbocycles. The average molecular weight is 271 g/mol. The Kier molecular flexibility index (Phi) is 8.98. The monoisotopic (exact) mass is 270 g/mol. The van der Waals surface area contributed by atoms with E-state index < -0.39 is 0 Å². The second kappa shape index (κ2) is 9.00. The molecule has 0 aromatic heterocycles. The van der Waals surface area contributed by atoms with Crippen LogP contribution in [-0.4, -0.2) is 11.7 Å². The number of unbranched alkanes of at least 4 members (excludes halogenated alkanes) is 3. The lowest BCUT2D eigenvalue weighted by molar-refractivity contribution is 0.207. The zero-order valence-electron chi connectivity index (χ0n) is 14.4. The Hall–Kier alpha value is -0.0400. The van der Waals surface area contributed by atoms with Crippen molar-refractivity contribution in [3.63, 3.8) is 0 Å². The number of aliphatic hydroxyl groups excluding tert-OH is 1. The highest BCUT2D eigenvalue weighted by Gasteiger charge is 2.18. The van der Waals surface area contributed by atoms with Crippen molar-refractivity contribution in [1.82, 2.24) is 0 Å². The Balaban J connectivity index is 3.70. The van der Waals surface area contributed by atoms with Crippen molar-refractivity contribution in [2.45, 2.75) is 92.9 Å². The standard InChI is InChI=1S/C18H38O/c1-17(2,3)13-10-8-7-9-11-16(12-14-19)15-18(4,5)6/h16,19H,7-15H2,1-6H3/t16-/m0/s1. The van der Waals surface area contributed by atoms with Gasteiger partial charge in [0.1, 0.15) is 0 Å². The lowest BCUT2D eigenvalue weighted by Gasteiger charge is -2.25. The van der Waals surface area contributed by atoms with Gasteiger partial charge >= 0.3 is 0 Å². The molecular formula is C18H38O. The van der Waals surface area contributed by atoms with Crippen molar-refractivity contribution in [3.8, 4) is 0 Å². The summed E-state index contributed by atoms with van der Waals surface area (Å²) >= 11 is 0. The Bertz CT molecular complexity index is 207. The van der Waals surface area contributed by atoms with E-state index in [9.17, 15) is 0 Å². The molecule has 0 saturated carbocycles. The Labute approximate surface area is 122 Å². The molecule has 116 valence electrons. The van der Waals surface area contributed by atoms with Gasteiger partial charge in [0.05, 0.1) is 0 Å². The first kappa shape index (κ1) is 19.0. The largest absolute Gasteiger partial charge is 0.396 e. The van der Waals surface area contributed by atoms with E-state index >= 15 is 0 Å². The van der Waals surface area contributed by atoms with Gasteiger partial charge in [0.25, 0.3) is 0 Å². The summed E-state index contributed by atoms with van der Waals surface area (Å²) in [6.07, 6.45) is 10.3. The molecule has 0 radical (unpaired) electrons. The highest BCUT2D eigenvalue weighted by atomic mass is 16.3. The van der Waals surface area contributed by atoms with Crippen molar-refractivity contribution in [1.29, 1.82) is 0 Å². The SMILES string of the molecule is CC(C)(C)CCCCCC[C@@H](CCO)CC(C)(C)C. The van der Waals surface area contributed by atoms with Gasteiger partial charge in [-0.1, -0.05) is 73.6 Å². The summed E-state index contributed by atoms with van der Waals surface area (Å²) in [7, 11) is 0. The summed E-state index contributed by atoms with van der Waals surface area (Å²) in [5.74, 6) is 0.715. The van der Waals surface area contributed by atoms with Gasteiger partial charge in [-0.15, -0.1) is 0 Å². The predicted octanol–water partition coefficient (Wildman–Crippen LogP) is 5.81. The van der Waals surface area contributed by atoms with Crippen LogP contribution in [0.25, 0.3) is 0 Å². The highest BCUT2D eigenvalue weighted by Crippen LogP contribution is 2.30. The molecule has 0 rings (SSSR count). The van der Waals surface area contributed by atoms with Gasteiger partial charge in [0.2, 0.25) is 0 Å². The summed E-state index contributed by atoms with van der Waals surface area (Å²) in [5, 5.41) is 9.16. The van der Waals surface area contributed by atoms with Gasteiger partial charge in [-0.3, -0.25) is 0 Å². The van der Waals surface area contributed by atoms with Gasteiger partial charge in [0.15, 0.2) is 0 Å². The summed E-state index contributed by atoms with van der Waals surface area (Å²) in [4.78, 5) is 0. The molecule has 1 atom stereocenters. The third-order valence-electron chi connectivity index (χ3n) is 3.73. The van der Waals surface area contributed by atoms with E-state index in [4.69, 9.17) is 5.11 Å². The fourth-order valence-corrected chi connectivity index (χ4v) is 2.84. The first-order chi connectivity index (χ1) is 8.64. The minimum Gasteiger partial charge on any atom is -0.396 e. The summed E-state index contributed by atoms with van der Waals surface area (Å²) in [5.41, 5.74) is 0.887. The Morgan fingerprint density at radius 3 is 1.79 bits per heavy atom. The Morgan fingerprint density at radius 1 is 0.737 bits per heavy atom. The minimum absolute atomic E-state index is 0.352. The smallest absolute Gasteiger partial charge is 0.0433 e. The molecular weight excluding hydrogens is 232 g/mol. The van der Waals surface area contributed by atoms with E-state index in [1.165, 1.54) is 44.9 Å². The molecule has 0 aromatic carbocycles. The van der Waals surface area contributed by atoms with Crippen molar-refractivity contribution >= 4 is 0 Å². The molecule has 1 heteroatoms. The van der Waals surface area contributed by atoms with Crippen LogP contribution in [0.5, 0.6) is 0 Å². The summed E-state index contributed by atoms with van der Waals surface area (Å²) in [6, 6.07) is 0. The van der Waals surface area contributed by atoms with Crippen molar-refractivity contribution in [3.05, 3.63) is 0 Å². The Morgan fingerprint density at radius 2 is 1.32 bits per heavy atom. The van der Waals surface area contributed by atoms with Gasteiger partial charge in [-0.2, -0.15) is 0 Å². The maximum atomic E-state index is 9.16. The quantitative estimate of drug-likeness (QED) is 0.524. The molecule has 19 heavy (non-hydrogen) atoms. The molecule has 0 saturated heterocycles. The maximum Gasteiger partial charge on any atom is 0.0433 e. The lowest BCUT2D eigenvalue weighted by Crippen LogP contribution is -2.14. The fourth-order valence-electron chi connectivity index (χ4n) is 2.84. The van der Waals surface area contributed by atoms with Crippen molar-refractivity contribution < 1.29 is 5.11 Å². The molecule has 0 heterocycles. The molecule has 0 unspecified atom stereocenters. The third-order valence-corrected chi connectivity index (χ3v) is 3.73. The van der Waals surface area contributed by atoms with Gasteiger partial charge < -0.3 is 5.11 Å². The van der Waals surface area contributed by atoms with Crippen LogP contribution < -0.4 is 0 Å². The molecule has 0 spiro atoms. The van der Waals surface area contributed by atoms with E-state index in [2.05, 4.69) is 41.5 Å². The van der Waals surface area contributed by atoms with Gasteiger partial charge in [-0.05, 0) is 36.0 Å². The summed E-state index contributed by atoms with van der Waals surface area (Å²) in [6.45, 7) is 14.3. The molecule has 0 aromatic rings. The zero-order valence-corrected chi connectivity index (χ0v) is 14.4.